The molecule has 0 atom stereocenters. The Morgan fingerprint density at radius 2 is 1.77 bits per heavy atom. The molecule has 2 aromatic rings. The highest BCUT2D eigenvalue weighted by Gasteiger charge is 2.30. The molecule has 1 N–H and O–H groups in total. The van der Waals surface area contributed by atoms with Gasteiger partial charge in [0.2, 0.25) is 0 Å². The molecule has 2 aliphatic rings. The van der Waals surface area contributed by atoms with Gasteiger partial charge in [-0.15, -0.1) is 0 Å². The van der Waals surface area contributed by atoms with Crippen LogP contribution in [0.4, 0.5) is 4.39 Å². The second-order valence-corrected chi connectivity index (χ2v) is 7.87. The van der Waals surface area contributed by atoms with E-state index in [9.17, 15) is 9.18 Å². The smallest absolute Gasteiger partial charge is 0.326 e. The number of nitrogens with one attached hydrogen (secondary N) is 1. The number of fused-ring (bicyclic) bond motifs is 1. The molecule has 4 rings (SSSR count). The molecular weight excluding hydrogens is 333 g/mol. The quantitative estimate of drug-likeness (QED) is 0.912. The number of halogens is 1. The molecule has 0 amide bonds. The fraction of sp³-hybridized carbons (Fsp3) is 0.650. The maximum absolute atomic E-state index is 14.2. The van der Waals surface area contributed by atoms with E-state index in [0.717, 1.165) is 44.3 Å². The van der Waals surface area contributed by atoms with Gasteiger partial charge in [-0.25, -0.2) is 9.18 Å². The van der Waals surface area contributed by atoms with Crippen LogP contribution >= 0.6 is 0 Å². The SMILES string of the molecule is CO[C@H]1CC[C@@H](N2CCC(n3c(=O)[nH]c4c(F)cc(C)cc43)CC2)CC1. The van der Waals surface area contributed by atoms with Crippen LogP contribution in [0, 0.1) is 12.7 Å². The molecule has 2 heterocycles. The predicted octanol–water partition coefficient (Wildman–Crippen LogP) is 3.37. The van der Waals surface area contributed by atoms with Crippen molar-refractivity contribution in [1.82, 2.24) is 14.5 Å². The van der Waals surface area contributed by atoms with Crippen molar-refractivity contribution >= 4 is 11.0 Å². The van der Waals surface area contributed by atoms with Gasteiger partial charge < -0.3 is 14.6 Å². The molecule has 1 aromatic carbocycles. The number of hydrogen-bond donors (Lipinski definition) is 1. The summed E-state index contributed by atoms with van der Waals surface area (Å²) in [6.45, 7) is 3.87. The molecule has 0 unspecified atom stereocenters. The topological polar surface area (TPSA) is 50.3 Å². The summed E-state index contributed by atoms with van der Waals surface area (Å²) in [5, 5.41) is 0. The molecule has 5 nitrogen and oxygen atoms in total. The van der Waals surface area contributed by atoms with Gasteiger partial charge in [-0.3, -0.25) is 4.57 Å². The molecule has 0 bridgehead atoms. The number of ether oxygens (including phenoxy) is 1. The van der Waals surface area contributed by atoms with Crippen molar-refractivity contribution in [2.24, 2.45) is 0 Å². The molecule has 6 heteroatoms. The molecule has 1 aliphatic carbocycles. The fourth-order valence-electron chi connectivity index (χ4n) is 4.83. The highest BCUT2D eigenvalue weighted by Crippen LogP contribution is 2.31. The van der Waals surface area contributed by atoms with E-state index in [1.807, 2.05) is 13.0 Å². The summed E-state index contributed by atoms with van der Waals surface area (Å²) in [5.74, 6) is -0.344. The lowest BCUT2D eigenvalue weighted by Gasteiger charge is -2.40. The number of H-pyrrole nitrogens is 1. The van der Waals surface area contributed by atoms with Crippen LogP contribution in [0.5, 0.6) is 0 Å². The first kappa shape index (κ1) is 17.7. The van der Waals surface area contributed by atoms with Crippen LogP contribution in [0.1, 0.15) is 50.1 Å². The van der Waals surface area contributed by atoms with Crippen molar-refractivity contribution in [3.63, 3.8) is 0 Å². The summed E-state index contributed by atoms with van der Waals surface area (Å²) in [7, 11) is 1.81. The lowest BCUT2D eigenvalue weighted by molar-refractivity contribution is 0.0296. The van der Waals surface area contributed by atoms with Gasteiger partial charge in [-0.05, 0) is 63.1 Å². The number of aromatic nitrogens is 2. The van der Waals surface area contributed by atoms with Gasteiger partial charge in [0.05, 0.1) is 11.6 Å². The van der Waals surface area contributed by atoms with E-state index >= 15 is 0 Å². The second-order valence-electron chi connectivity index (χ2n) is 7.87. The Morgan fingerprint density at radius 3 is 2.42 bits per heavy atom. The highest BCUT2D eigenvalue weighted by molar-refractivity contribution is 5.77. The molecular formula is C20H28FN3O2. The van der Waals surface area contributed by atoms with Crippen LogP contribution < -0.4 is 5.69 Å². The van der Waals surface area contributed by atoms with E-state index in [2.05, 4.69) is 9.88 Å². The van der Waals surface area contributed by atoms with Crippen molar-refractivity contribution in [3.8, 4) is 0 Å². The Morgan fingerprint density at radius 1 is 1.08 bits per heavy atom. The number of imidazole rings is 1. The number of benzene rings is 1. The Labute approximate surface area is 153 Å². The Bertz CT molecular complexity index is 827. The Balaban J connectivity index is 1.48. The molecule has 1 aliphatic heterocycles. The molecule has 2 fully saturated rings. The van der Waals surface area contributed by atoms with Crippen LogP contribution in [0.15, 0.2) is 16.9 Å². The van der Waals surface area contributed by atoms with Crippen LogP contribution in [-0.4, -0.2) is 46.8 Å². The minimum atomic E-state index is -0.344. The summed E-state index contributed by atoms with van der Waals surface area (Å²) in [5.41, 5.74) is 1.69. The van der Waals surface area contributed by atoms with Gasteiger partial charge in [0.1, 0.15) is 11.3 Å². The lowest BCUT2D eigenvalue weighted by Crippen LogP contribution is -2.45. The number of aromatic amines is 1. The molecule has 0 radical (unpaired) electrons. The van der Waals surface area contributed by atoms with Crippen LogP contribution in [0.25, 0.3) is 11.0 Å². The standard InChI is InChI=1S/C20H28FN3O2/c1-13-11-17(21)19-18(12-13)24(20(25)22-19)15-7-9-23(10-8-15)14-3-5-16(26-2)6-4-14/h11-12,14-16H,3-10H2,1-2H3,(H,22,25)/t14-,16+. The first-order valence-electron chi connectivity index (χ1n) is 9.74. The summed E-state index contributed by atoms with van der Waals surface area (Å²) < 4.78 is 21.4. The number of hydrogen-bond acceptors (Lipinski definition) is 3. The predicted molar refractivity (Wildman–Crippen MR) is 100 cm³/mol. The van der Waals surface area contributed by atoms with E-state index in [0.29, 0.717) is 23.2 Å². The van der Waals surface area contributed by atoms with Gasteiger partial charge in [-0.2, -0.15) is 0 Å². The summed E-state index contributed by atoms with van der Waals surface area (Å²) in [6, 6.07) is 4.17. The van der Waals surface area contributed by atoms with Crippen molar-refractivity contribution in [3.05, 3.63) is 34.0 Å². The molecule has 26 heavy (non-hydrogen) atoms. The van der Waals surface area contributed by atoms with Gasteiger partial charge in [0, 0.05) is 32.3 Å². The number of methoxy groups -OCH3 is 1. The number of piperidine rings is 1. The number of rotatable bonds is 3. The van der Waals surface area contributed by atoms with Crippen LogP contribution in [-0.2, 0) is 4.74 Å². The monoisotopic (exact) mass is 361 g/mol. The summed E-state index contributed by atoms with van der Waals surface area (Å²) in [4.78, 5) is 17.8. The minimum absolute atomic E-state index is 0.143. The van der Waals surface area contributed by atoms with Crippen molar-refractivity contribution in [1.29, 1.82) is 0 Å². The van der Waals surface area contributed by atoms with Crippen molar-refractivity contribution in [2.45, 2.75) is 63.6 Å². The maximum atomic E-state index is 14.2. The summed E-state index contributed by atoms with van der Waals surface area (Å²) >= 11 is 0. The zero-order valence-electron chi connectivity index (χ0n) is 15.6. The Kier molecular flexibility index (Phi) is 4.88. The van der Waals surface area contributed by atoms with Crippen molar-refractivity contribution in [2.75, 3.05) is 20.2 Å². The first-order chi connectivity index (χ1) is 12.6. The Hall–Kier alpha value is -1.66. The largest absolute Gasteiger partial charge is 0.381 e. The number of nitrogens with zero attached hydrogens (tertiary/aromatic N) is 2. The third kappa shape index (κ3) is 3.21. The van der Waals surface area contributed by atoms with E-state index in [-0.39, 0.29) is 17.5 Å². The molecule has 142 valence electrons. The highest BCUT2D eigenvalue weighted by atomic mass is 19.1. The average molecular weight is 361 g/mol. The van der Waals surface area contributed by atoms with E-state index < -0.39 is 0 Å². The molecule has 1 saturated heterocycles. The van der Waals surface area contributed by atoms with E-state index in [4.69, 9.17) is 4.74 Å². The van der Waals surface area contributed by atoms with Gasteiger partial charge in [0.25, 0.3) is 0 Å². The van der Waals surface area contributed by atoms with E-state index in [1.165, 1.54) is 18.9 Å². The normalized spacial score (nSPS) is 25.8. The fourth-order valence-corrected chi connectivity index (χ4v) is 4.83. The van der Waals surface area contributed by atoms with Crippen LogP contribution in [0.3, 0.4) is 0 Å². The molecule has 1 saturated carbocycles. The number of aryl methyl sites for hydroxylation is 1. The zero-order chi connectivity index (χ0) is 18.3. The zero-order valence-corrected chi connectivity index (χ0v) is 15.6. The lowest BCUT2D eigenvalue weighted by atomic mass is 9.90. The average Bonchev–Trinajstić information content (AvgIpc) is 2.98. The maximum Gasteiger partial charge on any atom is 0.326 e. The third-order valence-corrected chi connectivity index (χ3v) is 6.28. The molecule has 1 aromatic heterocycles. The van der Waals surface area contributed by atoms with Crippen LogP contribution in [0.2, 0.25) is 0 Å². The van der Waals surface area contributed by atoms with Gasteiger partial charge >= 0.3 is 5.69 Å². The number of likely N-dealkylation sites (tertiary alicyclic amines) is 1. The van der Waals surface area contributed by atoms with Crippen molar-refractivity contribution < 1.29 is 9.13 Å². The van der Waals surface area contributed by atoms with Gasteiger partial charge in [-0.1, -0.05) is 0 Å². The second kappa shape index (κ2) is 7.16. The third-order valence-electron chi connectivity index (χ3n) is 6.28. The minimum Gasteiger partial charge on any atom is -0.381 e. The van der Waals surface area contributed by atoms with E-state index in [1.54, 1.807) is 11.7 Å². The first-order valence-corrected chi connectivity index (χ1v) is 9.74. The van der Waals surface area contributed by atoms with Gasteiger partial charge in [0.15, 0.2) is 0 Å². The molecule has 0 spiro atoms. The summed E-state index contributed by atoms with van der Waals surface area (Å²) in [6.07, 6.45) is 6.97.